The van der Waals surface area contributed by atoms with Crippen molar-refractivity contribution in [2.45, 2.75) is 12.5 Å². The number of benzene rings is 1. The SMILES string of the molecule is CN(C)CCNC(C)(C(=O)O)c1ccc(Cl)c(Cl)c1. The minimum absolute atomic E-state index is 0.348. The molecule has 1 aromatic rings. The highest BCUT2D eigenvalue weighted by atomic mass is 35.5. The monoisotopic (exact) mass is 304 g/mol. The molecule has 0 radical (unpaired) electrons. The summed E-state index contributed by atoms with van der Waals surface area (Å²) in [7, 11) is 3.86. The Morgan fingerprint density at radius 2 is 2.00 bits per heavy atom. The van der Waals surface area contributed by atoms with Crippen molar-refractivity contribution in [1.82, 2.24) is 10.2 Å². The fraction of sp³-hybridized carbons (Fsp3) is 0.462. The van der Waals surface area contributed by atoms with Gasteiger partial charge in [0, 0.05) is 13.1 Å². The lowest BCUT2D eigenvalue weighted by atomic mass is 9.92. The van der Waals surface area contributed by atoms with E-state index in [0.717, 1.165) is 6.54 Å². The van der Waals surface area contributed by atoms with Crippen LogP contribution in [0.15, 0.2) is 18.2 Å². The molecule has 19 heavy (non-hydrogen) atoms. The number of hydrogen-bond donors (Lipinski definition) is 2. The van der Waals surface area contributed by atoms with Gasteiger partial charge in [-0.1, -0.05) is 29.3 Å². The quantitative estimate of drug-likeness (QED) is 0.847. The predicted octanol–water partition coefficient (Wildman–Crippen LogP) is 2.44. The Balaban J connectivity index is 2.97. The van der Waals surface area contributed by atoms with E-state index in [1.54, 1.807) is 25.1 Å². The van der Waals surface area contributed by atoms with E-state index in [1.807, 2.05) is 19.0 Å². The van der Waals surface area contributed by atoms with Gasteiger partial charge in [-0.2, -0.15) is 0 Å². The molecule has 1 rings (SSSR count). The number of rotatable bonds is 6. The molecule has 0 heterocycles. The molecule has 1 unspecified atom stereocenters. The third-order valence-corrected chi connectivity index (χ3v) is 3.70. The van der Waals surface area contributed by atoms with Gasteiger partial charge in [0.05, 0.1) is 10.0 Å². The normalized spacial score (nSPS) is 14.4. The molecule has 0 aliphatic rings. The summed E-state index contributed by atoms with van der Waals surface area (Å²) in [5.41, 5.74) is -0.613. The molecule has 0 saturated carbocycles. The minimum atomic E-state index is -1.19. The van der Waals surface area contributed by atoms with E-state index in [-0.39, 0.29) is 0 Å². The predicted molar refractivity (Wildman–Crippen MR) is 78.0 cm³/mol. The van der Waals surface area contributed by atoms with E-state index in [4.69, 9.17) is 23.2 Å². The first kappa shape index (κ1) is 16.2. The van der Waals surface area contributed by atoms with Gasteiger partial charge >= 0.3 is 5.97 Å². The molecule has 0 saturated heterocycles. The first-order chi connectivity index (χ1) is 8.77. The lowest BCUT2D eigenvalue weighted by Crippen LogP contribution is -2.48. The summed E-state index contributed by atoms with van der Waals surface area (Å²) >= 11 is 11.8. The number of nitrogens with zero attached hydrogens (tertiary/aromatic N) is 1. The van der Waals surface area contributed by atoms with E-state index in [2.05, 4.69) is 5.32 Å². The highest BCUT2D eigenvalue weighted by Gasteiger charge is 2.34. The van der Waals surface area contributed by atoms with E-state index in [0.29, 0.717) is 22.2 Å². The fourth-order valence-corrected chi connectivity index (χ4v) is 1.94. The van der Waals surface area contributed by atoms with Crippen LogP contribution in [0.1, 0.15) is 12.5 Å². The zero-order valence-electron chi connectivity index (χ0n) is 11.2. The van der Waals surface area contributed by atoms with Gasteiger partial charge in [-0.05, 0) is 38.7 Å². The Kier molecular flexibility index (Phi) is 5.62. The third kappa shape index (κ3) is 4.08. The van der Waals surface area contributed by atoms with Crippen LogP contribution in [-0.4, -0.2) is 43.2 Å². The average Bonchev–Trinajstić information content (AvgIpc) is 2.31. The molecule has 106 valence electrons. The Morgan fingerprint density at radius 3 is 2.47 bits per heavy atom. The van der Waals surface area contributed by atoms with Crippen molar-refractivity contribution in [3.63, 3.8) is 0 Å². The van der Waals surface area contributed by atoms with Crippen LogP contribution in [-0.2, 0) is 10.3 Å². The second-order valence-corrected chi connectivity index (χ2v) is 5.60. The lowest BCUT2D eigenvalue weighted by molar-refractivity contribution is -0.144. The van der Waals surface area contributed by atoms with Gasteiger partial charge < -0.3 is 10.0 Å². The minimum Gasteiger partial charge on any atom is -0.480 e. The van der Waals surface area contributed by atoms with E-state index >= 15 is 0 Å². The van der Waals surface area contributed by atoms with Crippen LogP contribution in [0.5, 0.6) is 0 Å². The number of hydrogen-bond acceptors (Lipinski definition) is 3. The Labute approximate surface area is 123 Å². The van der Waals surface area contributed by atoms with Crippen LogP contribution in [0.25, 0.3) is 0 Å². The zero-order chi connectivity index (χ0) is 14.6. The van der Waals surface area contributed by atoms with Gasteiger partial charge in [0.2, 0.25) is 0 Å². The van der Waals surface area contributed by atoms with Crippen molar-refractivity contribution in [3.8, 4) is 0 Å². The molecule has 0 spiro atoms. The van der Waals surface area contributed by atoms with Crippen molar-refractivity contribution in [2.24, 2.45) is 0 Å². The molecule has 0 aromatic heterocycles. The molecule has 2 N–H and O–H groups in total. The van der Waals surface area contributed by atoms with Crippen LogP contribution in [0.3, 0.4) is 0 Å². The summed E-state index contributed by atoms with van der Waals surface area (Å²) in [6, 6.07) is 4.86. The average molecular weight is 305 g/mol. The van der Waals surface area contributed by atoms with E-state index in [1.165, 1.54) is 0 Å². The van der Waals surface area contributed by atoms with Gasteiger partial charge in [-0.25, -0.2) is 4.79 Å². The Bertz CT molecular complexity index is 466. The van der Waals surface area contributed by atoms with Crippen molar-refractivity contribution in [2.75, 3.05) is 27.2 Å². The molecule has 0 fully saturated rings. The largest absolute Gasteiger partial charge is 0.480 e. The van der Waals surface area contributed by atoms with E-state index in [9.17, 15) is 9.90 Å². The number of halogens is 2. The number of carboxylic acids is 1. The molecular weight excluding hydrogens is 287 g/mol. The first-order valence-corrected chi connectivity index (χ1v) is 6.61. The van der Waals surface area contributed by atoms with Crippen LogP contribution in [0.2, 0.25) is 10.0 Å². The van der Waals surface area contributed by atoms with Crippen LogP contribution in [0.4, 0.5) is 0 Å². The molecule has 0 amide bonds. The second kappa shape index (κ2) is 6.57. The summed E-state index contributed by atoms with van der Waals surface area (Å²) in [6.45, 7) is 2.91. The van der Waals surface area contributed by atoms with Gasteiger partial charge in [0.1, 0.15) is 5.54 Å². The fourth-order valence-electron chi connectivity index (χ4n) is 1.64. The van der Waals surface area contributed by atoms with Crippen molar-refractivity contribution in [3.05, 3.63) is 33.8 Å². The Morgan fingerprint density at radius 1 is 1.37 bits per heavy atom. The maximum Gasteiger partial charge on any atom is 0.328 e. The molecule has 4 nitrogen and oxygen atoms in total. The van der Waals surface area contributed by atoms with Crippen molar-refractivity contribution >= 4 is 29.2 Å². The number of carbonyl (C=O) groups is 1. The molecular formula is C13H18Cl2N2O2. The first-order valence-electron chi connectivity index (χ1n) is 5.86. The smallest absolute Gasteiger partial charge is 0.328 e. The highest BCUT2D eigenvalue weighted by Crippen LogP contribution is 2.28. The number of aliphatic carboxylic acids is 1. The maximum atomic E-state index is 11.5. The molecule has 1 atom stereocenters. The third-order valence-electron chi connectivity index (χ3n) is 2.96. The van der Waals surface area contributed by atoms with Crippen molar-refractivity contribution < 1.29 is 9.90 Å². The topological polar surface area (TPSA) is 52.6 Å². The second-order valence-electron chi connectivity index (χ2n) is 4.79. The van der Waals surface area contributed by atoms with Gasteiger partial charge in [-0.15, -0.1) is 0 Å². The highest BCUT2D eigenvalue weighted by molar-refractivity contribution is 6.42. The summed E-state index contributed by atoms with van der Waals surface area (Å²) < 4.78 is 0. The van der Waals surface area contributed by atoms with Crippen LogP contribution in [0, 0.1) is 0 Å². The van der Waals surface area contributed by atoms with Gasteiger partial charge in [0.25, 0.3) is 0 Å². The van der Waals surface area contributed by atoms with Gasteiger partial charge in [0.15, 0.2) is 0 Å². The van der Waals surface area contributed by atoms with Crippen molar-refractivity contribution in [1.29, 1.82) is 0 Å². The van der Waals surface area contributed by atoms with Crippen LogP contribution < -0.4 is 5.32 Å². The van der Waals surface area contributed by atoms with Crippen LogP contribution >= 0.6 is 23.2 Å². The molecule has 6 heteroatoms. The molecule has 1 aromatic carbocycles. The van der Waals surface area contributed by atoms with E-state index < -0.39 is 11.5 Å². The molecule has 0 aliphatic carbocycles. The summed E-state index contributed by atoms with van der Waals surface area (Å²) in [6.07, 6.45) is 0. The summed E-state index contributed by atoms with van der Waals surface area (Å²) in [5, 5.41) is 13.3. The molecule has 0 bridgehead atoms. The number of likely N-dealkylation sites (N-methyl/N-ethyl adjacent to an activating group) is 1. The summed E-state index contributed by atoms with van der Waals surface area (Å²) in [4.78, 5) is 13.5. The maximum absolute atomic E-state index is 11.5. The molecule has 0 aliphatic heterocycles. The number of carboxylic acid groups (broad SMARTS) is 1. The number of nitrogens with one attached hydrogen (secondary N) is 1. The Hall–Kier alpha value is -0.810. The lowest BCUT2D eigenvalue weighted by Gasteiger charge is -2.28. The zero-order valence-corrected chi connectivity index (χ0v) is 12.7. The van der Waals surface area contributed by atoms with Gasteiger partial charge in [-0.3, -0.25) is 5.32 Å². The summed E-state index contributed by atoms with van der Waals surface area (Å²) in [5.74, 6) is -0.954. The standard InChI is InChI=1S/C13H18Cl2N2O2/c1-13(12(18)19,16-6-7-17(2)3)9-4-5-10(14)11(15)8-9/h4-5,8,16H,6-7H2,1-3H3,(H,18,19).